The number of imidazole rings is 1. The molecule has 2 aromatic carbocycles. The number of nitrogens with zero attached hydrogens (tertiary/aromatic N) is 2. The van der Waals surface area contributed by atoms with Crippen molar-refractivity contribution in [3.8, 4) is 17.1 Å². The fourth-order valence-electron chi connectivity index (χ4n) is 2.00. The van der Waals surface area contributed by atoms with Gasteiger partial charge in [-0.05, 0) is 12.1 Å². The summed E-state index contributed by atoms with van der Waals surface area (Å²) >= 11 is 0. The van der Waals surface area contributed by atoms with E-state index in [1.54, 1.807) is 6.20 Å². The highest BCUT2D eigenvalue weighted by Crippen LogP contribution is 2.24. The molecule has 0 saturated heterocycles. The van der Waals surface area contributed by atoms with Gasteiger partial charge in [0.1, 0.15) is 11.6 Å². The molecule has 0 bridgehead atoms. The van der Waals surface area contributed by atoms with Crippen LogP contribution in [-0.2, 0) is 0 Å². The van der Waals surface area contributed by atoms with Crippen LogP contribution >= 0.6 is 0 Å². The van der Waals surface area contributed by atoms with Crippen LogP contribution in [0.25, 0.3) is 17.1 Å². The highest BCUT2D eigenvalue weighted by molar-refractivity contribution is 5.62. The molecule has 0 radical (unpaired) electrons. The molecular weight excluding hydrogens is 222 g/mol. The summed E-state index contributed by atoms with van der Waals surface area (Å²) in [4.78, 5) is 4.40. The Kier molecular flexibility index (Phi) is 2.57. The number of hydrogen-bond donors (Lipinski definition) is 1. The first-order chi connectivity index (χ1) is 8.86. The second-order valence-electron chi connectivity index (χ2n) is 4.04. The molecule has 2 N–H and O–H groups in total. The summed E-state index contributed by atoms with van der Waals surface area (Å²) in [6.45, 7) is 0. The molecule has 3 nitrogen and oxygen atoms in total. The molecule has 0 unspecified atom stereocenters. The van der Waals surface area contributed by atoms with E-state index in [0.717, 1.165) is 17.1 Å². The average molecular weight is 235 g/mol. The highest BCUT2D eigenvalue weighted by atomic mass is 15.1. The van der Waals surface area contributed by atoms with Gasteiger partial charge in [0.25, 0.3) is 0 Å². The van der Waals surface area contributed by atoms with Crippen molar-refractivity contribution in [3.63, 3.8) is 0 Å². The minimum Gasteiger partial charge on any atom is -0.383 e. The number of rotatable bonds is 2. The third-order valence-electron chi connectivity index (χ3n) is 2.84. The molecule has 0 fully saturated rings. The predicted molar refractivity (Wildman–Crippen MR) is 73.4 cm³/mol. The molecule has 0 aliphatic rings. The Morgan fingerprint density at radius 3 is 2.11 bits per heavy atom. The quantitative estimate of drug-likeness (QED) is 0.741. The molecule has 0 spiro atoms. The van der Waals surface area contributed by atoms with Crippen molar-refractivity contribution in [2.24, 2.45) is 0 Å². The lowest BCUT2D eigenvalue weighted by molar-refractivity contribution is 1.08. The number of hydrogen-bond acceptors (Lipinski definition) is 2. The Morgan fingerprint density at radius 1 is 0.833 bits per heavy atom. The van der Waals surface area contributed by atoms with Crippen LogP contribution in [0.1, 0.15) is 0 Å². The first kappa shape index (κ1) is 10.6. The summed E-state index contributed by atoms with van der Waals surface area (Å²) in [7, 11) is 0. The van der Waals surface area contributed by atoms with E-state index in [0.29, 0.717) is 5.82 Å². The van der Waals surface area contributed by atoms with Crippen LogP contribution in [0, 0.1) is 0 Å². The van der Waals surface area contributed by atoms with Gasteiger partial charge in [0, 0.05) is 11.3 Å². The number of para-hydroxylation sites is 1. The molecule has 1 heterocycles. The van der Waals surface area contributed by atoms with Crippen molar-refractivity contribution >= 4 is 5.82 Å². The molecular formula is C15H13N3. The van der Waals surface area contributed by atoms with E-state index in [-0.39, 0.29) is 0 Å². The number of anilines is 1. The van der Waals surface area contributed by atoms with Crippen LogP contribution < -0.4 is 5.73 Å². The number of aromatic nitrogens is 2. The zero-order valence-corrected chi connectivity index (χ0v) is 9.82. The Hall–Kier alpha value is -2.55. The molecule has 1 aromatic heterocycles. The normalized spacial score (nSPS) is 10.4. The van der Waals surface area contributed by atoms with Crippen molar-refractivity contribution in [2.75, 3.05) is 5.73 Å². The first-order valence-corrected chi connectivity index (χ1v) is 5.80. The monoisotopic (exact) mass is 235 g/mol. The summed E-state index contributed by atoms with van der Waals surface area (Å²) < 4.78 is 1.95. The minimum atomic E-state index is 0.639. The van der Waals surface area contributed by atoms with Gasteiger partial charge >= 0.3 is 0 Å². The van der Waals surface area contributed by atoms with E-state index in [2.05, 4.69) is 4.98 Å². The Balaban J connectivity index is 2.19. The largest absolute Gasteiger partial charge is 0.383 e. The van der Waals surface area contributed by atoms with E-state index < -0.39 is 0 Å². The van der Waals surface area contributed by atoms with Crippen LogP contribution in [0.5, 0.6) is 0 Å². The van der Waals surface area contributed by atoms with Gasteiger partial charge in [0.15, 0.2) is 0 Å². The summed E-state index contributed by atoms with van der Waals surface area (Å²) in [5.41, 5.74) is 8.08. The van der Waals surface area contributed by atoms with Crippen molar-refractivity contribution in [1.29, 1.82) is 0 Å². The van der Waals surface area contributed by atoms with Crippen LogP contribution in [0.3, 0.4) is 0 Å². The smallest absolute Gasteiger partial charge is 0.146 e. The topological polar surface area (TPSA) is 43.8 Å². The molecule has 88 valence electrons. The lowest BCUT2D eigenvalue weighted by atomic mass is 10.2. The van der Waals surface area contributed by atoms with Gasteiger partial charge in [0.2, 0.25) is 0 Å². The summed E-state index contributed by atoms with van der Waals surface area (Å²) in [6, 6.07) is 20.0. The summed E-state index contributed by atoms with van der Waals surface area (Å²) in [6.07, 6.45) is 1.69. The molecule has 0 aliphatic heterocycles. The lowest BCUT2D eigenvalue weighted by Crippen LogP contribution is -2.01. The van der Waals surface area contributed by atoms with Crippen molar-refractivity contribution in [1.82, 2.24) is 9.55 Å². The second-order valence-corrected chi connectivity index (χ2v) is 4.04. The fourth-order valence-corrected chi connectivity index (χ4v) is 2.00. The van der Waals surface area contributed by atoms with Gasteiger partial charge < -0.3 is 5.73 Å². The third-order valence-corrected chi connectivity index (χ3v) is 2.84. The SMILES string of the molecule is Nc1cnc(-c2ccccc2)n1-c1ccccc1. The van der Waals surface area contributed by atoms with Crippen LogP contribution in [-0.4, -0.2) is 9.55 Å². The maximum Gasteiger partial charge on any atom is 0.146 e. The number of benzene rings is 2. The van der Waals surface area contributed by atoms with Crippen molar-refractivity contribution < 1.29 is 0 Å². The first-order valence-electron chi connectivity index (χ1n) is 5.80. The van der Waals surface area contributed by atoms with Crippen LogP contribution in [0.15, 0.2) is 66.9 Å². The van der Waals surface area contributed by atoms with Gasteiger partial charge in [-0.15, -0.1) is 0 Å². The average Bonchev–Trinajstić information content (AvgIpc) is 2.83. The molecule has 3 heteroatoms. The highest BCUT2D eigenvalue weighted by Gasteiger charge is 2.10. The van der Waals surface area contributed by atoms with Gasteiger partial charge in [-0.1, -0.05) is 48.5 Å². The molecule has 0 amide bonds. The summed E-state index contributed by atoms with van der Waals surface area (Å²) in [5.74, 6) is 1.50. The van der Waals surface area contributed by atoms with E-state index in [1.165, 1.54) is 0 Å². The fraction of sp³-hybridized carbons (Fsp3) is 0. The van der Waals surface area contributed by atoms with Gasteiger partial charge in [-0.3, -0.25) is 4.57 Å². The maximum absolute atomic E-state index is 6.01. The van der Waals surface area contributed by atoms with Crippen LogP contribution in [0.2, 0.25) is 0 Å². The lowest BCUT2D eigenvalue weighted by Gasteiger charge is -2.09. The Labute approximate surface area is 106 Å². The Morgan fingerprint density at radius 2 is 1.44 bits per heavy atom. The van der Waals surface area contributed by atoms with E-state index >= 15 is 0 Å². The molecule has 0 aliphatic carbocycles. The Bertz CT molecular complexity index is 642. The third kappa shape index (κ3) is 1.76. The molecule has 3 aromatic rings. The number of nitrogens with two attached hydrogens (primary N) is 1. The van der Waals surface area contributed by atoms with Crippen molar-refractivity contribution in [3.05, 3.63) is 66.9 Å². The number of nitrogen functional groups attached to an aromatic ring is 1. The van der Waals surface area contributed by atoms with Gasteiger partial charge in [-0.2, -0.15) is 0 Å². The zero-order valence-electron chi connectivity index (χ0n) is 9.82. The van der Waals surface area contributed by atoms with E-state index in [9.17, 15) is 0 Å². The van der Waals surface area contributed by atoms with E-state index in [1.807, 2.05) is 65.2 Å². The standard InChI is InChI=1S/C15H13N3/c16-14-11-17-15(12-7-3-1-4-8-12)18(14)13-9-5-2-6-10-13/h1-11H,16H2. The second kappa shape index (κ2) is 4.37. The minimum absolute atomic E-state index is 0.639. The zero-order chi connectivity index (χ0) is 12.4. The van der Waals surface area contributed by atoms with E-state index in [4.69, 9.17) is 5.73 Å². The molecule has 0 saturated carbocycles. The van der Waals surface area contributed by atoms with Crippen LogP contribution in [0.4, 0.5) is 5.82 Å². The van der Waals surface area contributed by atoms with Gasteiger partial charge in [0.05, 0.1) is 6.20 Å². The molecule has 18 heavy (non-hydrogen) atoms. The maximum atomic E-state index is 6.01. The van der Waals surface area contributed by atoms with Crippen molar-refractivity contribution in [2.45, 2.75) is 0 Å². The molecule has 3 rings (SSSR count). The predicted octanol–water partition coefficient (Wildman–Crippen LogP) is 3.12. The molecule has 0 atom stereocenters. The summed E-state index contributed by atoms with van der Waals surface area (Å²) in [5, 5.41) is 0. The van der Waals surface area contributed by atoms with Gasteiger partial charge in [-0.25, -0.2) is 4.98 Å².